The normalized spacial score (nSPS) is 10.2. The average Bonchev–Trinajstić information content (AvgIpc) is 3.15. The lowest BCUT2D eigenvalue weighted by atomic mass is 10.1. The molecule has 0 atom stereocenters. The molecule has 10 heteroatoms. The molecule has 2 aromatic heterocycles. The van der Waals surface area contributed by atoms with E-state index in [-0.39, 0.29) is 5.69 Å². The number of thiazole rings is 1. The van der Waals surface area contributed by atoms with Gasteiger partial charge in [-0.05, 0) is 12.1 Å². The van der Waals surface area contributed by atoms with E-state index in [4.69, 9.17) is 4.74 Å². The first kappa shape index (κ1) is 18.1. The molecular formula is C17H12N4O5S. The highest BCUT2D eigenvalue weighted by molar-refractivity contribution is 7.14. The van der Waals surface area contributed by atoms with E-state index < -0.39 is 23.4 Å². The van der Waals surface area contributed by atoms with Crippen LogP contribution >= 0.6 is 11.3 Å². The van der Waals surface area contributed by atoms with Crippen LogP contribution < -0.4 is 5.32 Å². The second kappa shape index (κ2) is 8.15. The minimum atomic E-state index is -0.635. The fourth-order valence-electron chi connectivity index (χ4n) is 2.10. The van der Waals surface area contributed by atoms with Crippen molar-refractivity contribution in [2.45, 2.75) is 0 Å². The molecule has 0 bridgehead atoms. The molecule has 0 unspecified atom stereocenters. The predicted molar refractivity (Wildman–Crippen MR) is 97.4 cm³/mol. The van der Waals surface area contributed by atoms with E-state index in [9.17, 15) is 19.7 Å². The van der Waals surface area contributed by atoms with E-state index >= 15 is 0 Å². The second-order valence-corrected chi connectivity index (χ2v) is 6.06. The van der Waals surface area contributed by atoms with Gasteiger partial charge >= 0.3 is 5.97 Å². The number of hydrogen-bond donors (Lipinski definition) is 1. The van der Waals surface area contributed by atoms with Gasteiger partial charge < -0.3 is 4.74 Å². The molecule has 136 valence electrons. The molecule has 0 spiro atoms. The molecule has 0 saturated heterocycles. The minimum absolute atomic E-state index is 0.0471. The van der Waals surface area contributed by atoms with Crippen LogP contribution in [-0.4, -0.2) is 33.4 Å². The number of ether oxygens (including phenoxy) is 1. The Morgan fingerprint density at radius 3 is 2.74 bits per heavy atom. The molecule has 0 radical (unpaired) electrons. The molecular weight excluding hydrogens is 372 g/mol. The van der Waals surface area contributed by atoms with Gasteiger partial charge in [0.2, 0.25) is 0 Å². The maximum atomic E-state index is 11.9. The summed E-state index contributed by atoms with van der Waals surface area (Å²) in [5.41, 5.74) is 1.30. The number of aromatic nitrogens is 2. The van der Waals surface area contributed by atoms with Crippen LogP contribution in [-0.2, 0) is 9.53 Å². The van der Waals surface area contributed by atoms with Gasteiger partial charge in [-0.1, -0.05) is 12.1 Å². The zero-order valence-corrected chi connectivity index (χ0v) is 14.5. The fourth-order valence-corrected chi connectivity index (χ4v) is 2.84. The SMILES string of the molecule is O=C(COC(=O)c1ccncc1)Nc1nc(-c2cccc([N+](=O)[O-])c2)cs1. The number of benzene rings is 1. The summed E-state index contributed by atoms with van der Waals surface area (Å²) in [5, 5.41) is 15.3. The lowest BCUT2D eigenvalue weighted by molar-refractivity contribution is -0.384. The maximum absolute atomic E-state index is 11.9. The largest absolute Gasteiger partial charge is 0.452 e. The van der Waals surface area contributed by atoms with Gasteiger partial charge in [0.1, 0.15) is 0 Å². The highest BCUT2D eigenvalue weighted by atomic mass is 32.1. The molecule has 27 heavy (non-hydrogen) atoms. The standard InChI is InChI=1S/C17H12N4O5S/c22-15(9-26-16(23)11-4-6-18-7-5-11)20-17-19-14(10-27-17)12-2-1-3-13(8-12)21(24)25/h1-8,10H,9H2,(H,19,20,22). The molecule has 1 amide bonds. The smallest absolute Gasteiger partial charge is 0.338 e. The molecule has 0 fully saturated rings. The number of amides is 1. The number of nitrogens with zero attached hydrogens (tertiary/aromatic N) is 3. The average molecular weight is 384 g/mol. The van der Waals surface area contributed by atoms with Crippen molar-refractivity contribution in [3.8, 4) is 11.3 Å². The van der Waals surface area contributed by atoms with Crippen molar-refractivity contribution in [3.63, 3.8) is 0 Å². The third kappa shape index (κ3) is 4.70. The van der Waals surface area contributed by atoms with Crippen molar-refractivity contribution in [2.24, 2.45) is 0 Å². The highest BCUT2D eigenvalue weighted by Gasteiger charge is 2.13. The third-order valence-corrected chi connectivity index (χ3v) is 4.11. The van der Waals surface area contributed by atoms with E-state index in [1.165, 1.54) is 36.7 Å². The van der Waals surface area contributed by atoms with Crippen molar-refractivity contribution < 1.29 is 19.2 Å². The summed E-state index contributed by atoms with van der Waals surface area (Å²) >= 11 is 1.16. The molecule has 9 nitrogen and oxygen atoms in total. The molecule has 0 aliphatic heterocycles. The number of non-ortho nitro benzene ring substituents is 1. The van der Waals surface area contributed by atoms with Gasteiger partial charge in [0.25, 0.3) is 11.6 Å². The summed E-state index contributed by atoms with van der Waals surface area (Å²) in [4.78, 5) is 42.1. The summed E-state index contributed by atoms with van der Waals surface area (Å²) in [6.45, 7) is -0.465. The number of hydrogen-bond acceptors (Lipinski definition) is 8. The minimum Gasteiger partial charge on any atom is -0.452 e. The molecule has 0 saturated carbocycles. The Labute approximate surface area is 156 Å². The highest BCUT2D eigenvalue weighted by Crippen LogP contribution is 2.27. The van der Waals surface area contributed by atoms with Gasteiger partial charge in [-0.3, -0.25) is 25.2 Å². The second-order valence-electron chi connectivity index (χ2n) is 5.21. The number of carbonyl (C=O) groups excluding carboxylic acids is 2. The van der Waals surface area contributed by atoms with Crippen LogP contribution in [0.4, 0.5) is 10.8 Å². The van der Waals surface area contributed by atoms with Gasteiger partial charge in [-0.2, -0.15) is 0 Å². The zero-order chi connectivity index (χ0) is 19.2. The lowest BCUT2D eigenvalue weighted by Crippen LogP contribution is -2.20. The molecule has 1 N–H and O–H groups in total. The molecule has 0 aliphatic rings. The fraction of sp³-hybridized carbons (Fsp3) is 0.0588. The first-order valence-corrected chi connectivity index (χ1v) is 8.48. The van der Waals surface area contributed by atoms with Crippen LogP contribution in [0.25, 0.3) is 11.3 Å². The van der Waals surface area contributed by atoms with Crippen molar-refractivity contribution in [1.82, 2.24) is 9.97 Å². The summed E-state index contributed by atoms with van der Waals surface area (Å²) in [6.07, 6.45) is 2.89. The van der Waals surface area contributed by atoms with Crippen LogP contribution in [0.1, 0.15) is 10.4 Å². The summed E-state index contributed by atoms with van der Waals surface area (Å²) < 4.78 is 4.92. The van der Waals surface area contributed by atoms with E-state index in [1.54, 1.807) is 17.5 Å². The monoisotopic (exact) mass is 384 g/mol. The van der Waals surface area contributed by atoms with Crippen molar-refractivity contribution in [2.75, 3.05) is 11.9 Å². The van der Waals surface area contributed by atoms with Gasteiger partial charge in [0.15, 0.2) is 11.7 Å². The van der Waals surface area contributed by atoms with E-state index in [2.05, 4.69) is 15.3 Å². The van der Waals surface area contributed by atoms with Crippen LogP contribution in [0.15, 0.2) is 54.2 Å². The van der Waals surface area contributed by atoms with Crippen molar-refractivity contribution in [3.05, 3.63) is 69.8 Å². The Morgan fingerprint density at radius 2 is 2.00 bits per heavy atom. The number of pyridine rings is 1. The van der Waals surface area contributed by atoms with Gasteiger partial charge in [-0.15, -0.1) is 11.3 Å². The molecule has 3 aromatic rings. The molecule has 0 aliphatic carbocycles. The summed E-state index contributed by atoms with van der Waals surface area (Å²) in [6, 6.07) is 8.99. The Bertz CT molecular complexity index is 990. The molecule has 1 aromatic carbocycles. The first-order chi connectivity index (χ1) is 13.0. The Kier molecular flexibility index (Phi) is 5.47. The maximum Gasteiger partial charge on any atom is 0.338 e. The number of carbonyl (C=O) groups is 2. The topological polar surface area (TPSA) is 124 Å². The number of nitro benzene ring substituents is 1. The van der Waals surface area contributed by atoms with Crippen LogP contribution in [0.3, 0.4) is 0 Å². The lowest BCUT2D eigenvalue weighted by Gasteiger charge is -2.04. The number of rotatable bonds is 6. The third-order valence-electron chi connectivity index (χ3n) is 3.35. The van der Waals surface area contributed by atoms with E-state index in [1.807, 2.05) is 0 Å². The zero-order valence-electron chi connectivity index (χ0n) is 13.7. The number of nitrogens with one attached hydrogen (secondary N) is 1. The van der Waals surface area contributed by atoms with Gasteiger partial charge in [0.05, 0.1) is 16.2 Å². The van der Waals surface area contributed by atoms with E-state index in [0.717, 1.165) is 11.3 Å². The quantitative estimate of drug-likeness (QED) is 0.393. The Morgan fingerprint density at radius 1 is 1.22 bits per heavy atom. The van der Waals surface area contributed by atoms with Crippen LogP contribution in [0.2, 0.25) is 0 Å². The Balaban J connectivity index is 1.59. The number of nitro groups is 1. The number of anilines is 1. The van der Waals surface area contributed by atoms with Crippen molar-refractivity contribution >= 4 is 34.0 Å². The van der Waals surface area contributed by atoms with Gasteiger partial charge in [-0.25, -0.2) is 9.78 Å². The molecule has 2 heterocycles. The van der Waals surface area contributed by atoms with Crippen LogP contribution in [0, 0.1) is 10.1 Å². The summed E-state index contributed by atoms with van der Waals surface area (Å²) in [5.74, 6) is -1.18. The first-order valence-electron chi connectivity index (χ1n) is 7.60. The predicted octanol–water partition coefficient (Wildman–Crippen LogP) is 2.91. The van der Waals surface area contributed by atoms with E-state index in [0.29, 0.717) is 22.0 Å². The molecule has 3 rings (SSSR count). The summed E-state index contributed by atoms with van der Waals surface area (Å²) in [7, 11) is 0. The van der Waals surface area contributed by atoms with Gasteiger partial charge in [0, 0.05) is 35.5 Å². The van der Waals surface area contributed by atoms with Crippen LogP contribution in [0.5, 0.6) is 0 Å². The Hall–Kier alpha value is -3.66. The van der Waals surface area contributed by atoms with Crippen molar-refractivity contribution in [1.29, 1.82) is 0 Å². The number of esters is 1.